The Morgan fingerprint density at radius 2 is 1.58 bits per heavy atom. The second kappa shape index (κ2) is 6.73. The highest BCUT2D eigenvalue weighted by atomic mass is 16.5. The van der Waals surface area contributed by atoms with Crippen LogP contribution in [0, 0.1) is 23.2 Å². The van der Waals surface area contributed by atoms with Gasteiger partial charge in [-0.15, -0.1) is 0 Å². The smallest absolute Gasteiger partial charge is 0.325 e. The van der Waals surface area contributed by atoms with Gasteiger partial charge in [-0.25, -0.2) is 0 Å². The second-order valence-corrected chi connectivity index (χ2v) is 8.32. The van der Waals surface area contributed by atoms with Gasteiger partial charge in [0, 0.05) is 20.5 Å². The number of amides is 2. The predicted molar refractivity (Wildman–Crippen MR) is 87.9 cm³/mol. The molecule has 0 aromatic heterocycles. The van der Waals surface area contributed by atoms with Crippen LogP contribution in [0.25, 0.3) is 0 Å². The minimum absolute atomic E-state index is 0.0622. The van der Waals surface area contributed by atoms with Gasteiger partial charge in [-0.05, 0) is 61.7 Å². The molecule has 0 saturated heterocycles. The van der Waals surface area contributed by atoms with Crippen LogP contribution in [0.2, 0.25) is 0 Å². The van der Waals surface area contributed by atoms with Gasteiger partial charge in [0.1, 0.15) is 6.54 Å². The number of nitrogens with one attached hydrogen (secondary N) is 1. The first kappa shape index (κ1) is 17.2. The molecule has 4 aliphatic rings. The summed E-state index contributed by atoms with van der Waals surface area (Å²) < 4.78 is 4.86. The molecule has 0 heterocycles. The summed E-state index contributed by atoms with van der Waals surface area (Å²) in [5.41, 5.74) is 0.170. The van der Waals surface area contributed by atoms with Gasteiger partial charge in [0.25, 0.3) is 5.91 Å². The minimum Gasteiger partial charge on any atom is -0.454 e. The molecule has 0 radical (unpaired) electrons. The normalized spacial score (nSPS) is 33.2. The van der Waals surface area contributed by atoms with Gasteiger partial charge in [0.05, 0.1) is 0 Å². The summed E-state index contributed by atoms with van der Waals surface area (Å²) in [7, 11) is 3.20. The fourth-order valence-electron chi connectivity index (χ4n) is 5.40. The molecule has 0 unspecified atom stereocenters. The van der Waals surface area contributed by atoms with E-state index in [1.54, 1.807) is 14.1 Å². The average Bonchev–Trinajstić information content (AvgIpc) is 2.48. The van der Waals surface area contributed by atoms with E-state index in [4.69, 9.17) is 4.74 Å². The summed E-state index contributed by atoms with van der Waals surface area (Å²) in [6.07, 6.45) is 8.12. The maximum absolute atomic E-state index is 12.3. The number of likely N-dealkylation sites (N-methyl/N-ethyl adjacent to an activating group) is 1. The van der Waals surface area contributed by atoms with E-state index >= 15 is 0 Å². The van der Waals surface area contributed by atoms with Gasteiger partial charge < -0.3 is 15.0 Å². The van der Waals surface area contributed by atoms with Crippen molar-refractivity contribution in [2.45, 2.75) is 44.9 Å². The van der Waals surface area contributed by atoms with Gasteiger partial charge in [0.2, 0.25) is 5.91 Å². The Hall–Kier alpha value is -1.59. The van der Waals surface area contributed by atoms with E-state index in [0.717, 1.165) is 17.8 Å². The maximum atomic E-state index is 12.3. The third-order valence-corrected chi connectivity index (χ3v) is 5.99. The molecule has 4 bridgehead atoms. The molecule has 134 valence electrons. The van der Waals surface area contributed by atoms with E-state index < -0.39 is 5.97 Å². The van der Waals surface area contributed by atoms with Gasteiger partial charge in [-0.1, -0.05) is 0 Å². The number of carbonyl (C=O) groups is 3. The van der Waals surface area contributed by atoms with Crippen LogP contribution < -0.4 is 5.32 Å². The van der Waals surface area contributed by atoms with Crippen molar-refractivity contribution in [2.24, 2.45) is 23.2 Å². The van der Waals surface area contributed by atoms with Gasteiger partial charge in [0.15, 0.2) is 6.61 Å². The Morgan fingerprint density at radius 3 is 2.08 bits per heavy atom. The molecule has 0 aromatic rings. The predicted octanol–water partition coefficient (Wildman–Crippen LogP) is 1.34. The quantitative estimate of drug-likeness (QED) is 0.743. The topological polar surface area (TPSA) is 75.7 Å². The van der Waals surface area contributed by atoms with Crippen LogP contribution in [0.4, 0.5) is 0 Å². The summed E-state index contributed by atoms with van der Waals surface area (Å²) in [6, 6.07) is 0. The molecule has 2 amide bonds. The van der Waals surface area contributed by atoms with Gasteiger partial charge in [-0.2, -0.15) is 0 Å². The Bertz CT molecular complexity index is 494. The first-order valence-corrected chi connectivity index (χ1v) is 8.98. The summed E-state index contributed by atoms with van der Waals surface area (Å²) in [4.78, 5) is 36.6. The zero-order chi connectivity index (χ0) is 17.3. The van der Waals surface area contributed by atoms with Crippen molar-refractivity contribution >= 4 is 17.8 Å². The van der Waals surface area contributed by atoms with E-state index in [9.17, 15) is 14.4 Å². The van der Waals surface area contributed by atoms with Crippen LogP contribution in [0.3, 0.4) is 0 Å². The lowest BCUT2D eigenvalue weighted by molar-refractivity contribution is -0.151. The third-order valence-electron chi connectivity index (χ3n) is 5.99. The van der Waals surface area contributed by atoms with Crippen molar-refractivity contribution in [3.63, 3.8) is 0 Å². The lowest BCUT2D eigenvalue weighted by Crippen LogP contribution is -2.48. The fraction of sp³-hybridized carbons (Fsp3) is 0.833. The highest BCUT2D eigenvalue weighted by Crippen LogP contribution is 2.61. The Kier molecular flexibility index (Phi) is 4.83. The van der Waals surface area contributed by atoms with Crippen LogP contribution in [0.1, 0.15) is 44.9 Å². The van der Waals surface area contributed by atoms with Crippen LogP contribution in [-0.2, 0) is 19.1 Å². The highest BCUT2D eigenvalue weighted by Gasteiger charge is 2.51. The monoisotopic (exact) mass is 336 g/mol. The highest BCUT2D eigenvalue weighted by molar-refractivity contribution is 5.84. The minimum atomic E-state index is -0.566. The van der Waals surface area contributed by atoms with Crippen molar-refractivity contribution in [3.05, 3.63) is 0 Å². The number of ether oxygens (including phenoxy) is 1. The van der Waals surface area contributed by atoms with E-state index in [0.29, 0.717) is 6.42 Å². The van der Waals surface area contributed by atoms with Crippen LogP contribution >= 0.6 is 0 Å². The molecule has 1 N–H and O–H groups in total. The molecule has 0 aromatic carbocycles. The van der Waals surface area contributed by atoms with E-state index in [-0.39, 0.29) is 30.4 Å². The van der Waals surface area contributed by atoms with E-state index in [2.05, 4.69) is 5.32 Å². The molecule has 4 saturated carbocycles. The molecule has 4 aliphatic carbocycles. The maximum Gasteiger partial charge on any atom is 0.325 e. The number of hydrogen-bond donors (Lipinski definition) is 1. The zero-order valence-electron chi connectivity index (χ0n) is 14.7. The van der Waals surface area contributed by atoms with Crippen LogP contribution in [-0.4, -0.2) is 49.9 Å². The summed E-state index contributed by atoms with van der Waals surface area (Å²) in [6.45, 7) is -0.442. The van der Waals surface area contributed by atoms with Crippen LogP contribution in [0.15, 0.2) is 0 Å². The Balaban J connectivity index is 1.41. The average molecular weight is 336 g/mol. The molecular formula is C18H28N2O4. The molecular weight excluding hydrogens is 308 g/mol. The Morgan fingerprint density at radius 1 is 1.04 bits per heavy atom. The molecule has 24 heavy (non-hydrogen) atoms. The van der Waals surface area contributed by atoms with Crippen molar-refractivity contribution < 1.29 is 19.1 Å². The molecule has 6 heteroatoms. The molecule has 6 nitrogen and oxygen atoms in total. The van der Waals surface area contributed by atoms with Crippen molar-refractivity contribution in [3.8, 4) is 0 Å². The number of rotatable bonds is 6. The van der Waals surface area contributed by atoms with Crippen LogP contribution in [0.5, 0.6) is 0 Å². The van der Waals surface area contributed by atoms with E-state index in [1.807, 2.05) is 0 Å². The van der Waals surface area contributed by atoms with Crippen molar-refractivity contribution in [2.75, 3.05) is 27.2 Å². The lowest BCUT2D eigenvalue weighted by Gasteiger charge is -2.56. The molecule has 0 spiro atoms. The molecule has 4 fully saturated rings. The van der Waals surface area contributed by atoms with Gasteiger partial charge >= 0.3 is 5.97 Å². The number of carbonyl (C=O) groups excluding carboxylic acids is 3. The lowest BCUT2D eigenvalue weighted by atomic mass is 9.49. The van der Waals surface area contributed by atoms with Crippen molar-refractivity contribution in [1.82, 2.24) is 10.2 Å². The first-order chi connectivity index (χ1) is 11.3. The fourth-order valence-corrected chi connectivity index (χ4v) is 5.40. The van der Waals surface area contributed by atoms with Gasteiger partial charge in [-0.3, -0.25) is 14.4 Å². The van der Waals surface area contributed by atoms with E-state index in [1.165, 1.54) is 43.4 Å². The third kappa shape index (κ3) is 3.90. The largest absolute Gasteiger partial charge is 0.454 e. The molecule has 0 aliphatic heterocycles. The molecule has 0 atom stereocenters. The summed E-state index contributed by atoms with van der Waals surface area (Å²) in [5, 5.41) is 2.67. The summed E-state index contributed by atoms with van der Waals surface area (Å²) in [5.74, 6) is 1.53. The number of nitrogens with zero attached hydrogens (tertiary/aromatic N) is 1. The number of esters is 1. The first-order valence-electron chi connectivity index (χ1n) is 8.98. The number of hydrogen-bond acceptors (Lipinski definition) is 4. The standard InChI is InChI=1S/C18H28N2O4/c1-20(2)16(22)11-24-17(23)10-19-15(21)9-18-6-12-3-13(7-18)5-14(4-12)8-18/h12-14H,3-11H2,1-2H3,(H,19,21). The molecule has 4 rings (SSSR count). The zero-order valence-corrected chi connectivity index (χ0v) is 14.7. The SMILES string of the molecule is CN(C)C(=O)COC(=O)CNC(=O)CC12CC3CC(CC(C3)C1)C2. The Labute approximate surface area is 143 Å². The summed E-state index contributed by atoms with van der Waals surface area (Å²) >= 11 is 0. The van der Waals surface area contributed by atoms with Crippen molar-refractivity contribution in [1.29, 1.82) is 0 Å². The second-order valence-electron chi connectivity index (χ2n) is 8.32.